The summed E-state index contributed by atoms with van der Waals surface area (Å²) in [4.78, 5) is 11.9. The fraction of sp³-hybridized carbons (Fsp3) is 0.462. The Hall–Kier alpha value is -0.630. The van der Waals surface area contributed by atoms with Crippen LogP contribution in [0.15, 0.2) is 22.7 Å². The van der Waals surface area contributed by atoms with Gasteiger partial charge in [0.05, 0.1) is 0 Å². The molecule has 1 nitrogen and oxygen atoms in total. The van der Waals surface area contributed by atoms with Crippen LogP contribution in [-0.2, 0) is 0 Å². The summed E-state index contributed by atoms with van der Waals surface area (Å²) in [6, 6.07) is 5.85. The number of aryl methyl sites for hydroxylation is 1. The standard InChI is InChI=1S/C13H15BrO/c1-9-7-11(5-6-12(9)14)13(15)8-10-3-2-4-10/h5-7,10H,2-4,8H2,1H3. The highest BCUT2D eigenvalue weighted by Gasteiger charge is 2.21. The molecule has 0 spiro atoms. The molecule has 80 valence electrons. The second kappa shape index (κ2) is 4.48. The van der Waals surface area contributed by atoms with E-state index in [0.29, 0.717) is 11.7 Å². The van der Waals surface area contributed by atoms with Crippen LogP contribution in [0.2, 0.25) is 0 Å². The fourth-order valence-electron chi connectivity index (χ4n) is 1.90. The highest BCUT2D eigenvalue weighted by atomic mass is 79.9. The van der Waals surface area contributed by atoms with Gasteiger partial charge < -0.3 is 0 Å². The van der Waals surface area contributed by atoms with E-state index in [-0.39, 0.29) is 0 Å². The van der Waals surface area contributed by atoms with Crippen LogP contribution < -0.4 is 0 Å². The first-order valence-electron chi connectivity index (χ1n) is 5.46. The highest BCUT2D eigenvalue weighted by Crippen LogP contribution is 2.30. The van der Waals surface area contributed by atoms with Crippen molar-refractivity contribution < 1.29 is 4.79 Å². The van der Waals surface area contributed by atoms with Gasteiger partial charge in [-0.05, 0) is 30.5 Å². The minimum Gasteiger partial charge on any atom is -0.294 e. The average molecular weight is 267 g/mol. The van der Waals surface area contributed by atoms with E-state index in [1.165, 1.54) is 19.3 Å². The summed E-state index contributed by atoms with van der Waals surface area (Å²) in [5.74, 6) is 0.955. The molecule has 0 aliphatic heterocycles. The first-order chi connectivity index (χ1) is 7.16. The van der Waals surface area contributed by atoms with Gasteiger partial charge in [-0.2, -0.15) is 0 Å². The molecule has 1 aliphatic carbocycles. The monoisotopic (exact) mass is 266 g/mol. The molecule has 0 heterocycles. The van der Waals surface area contributed by atoms with Gasteiger partial charge >= 0.3 is 0 Å². The molecule has 0 bridgehead atoms. The van der Waals surface area contributed by atoms with Crippen molar-refractivity contribution in [2.45, 2.75) is 32.6 Å². The van der Waals surface area contributed by atoms with E-state index < -0.39 is 0 Å². The van der Waals surface area contributed by atoms with Crippen LogP contribution in [0.3, 0.4) is 0 Å². The van der Waals surface area contributed by atoms with Crippen molar-refractivity contribution in [1.29, 1.82) is 0 Å². The molecule has 1 aliphatic rings. The Kier molecular flexibility index (Phi) is 3.25. The molecule has 1 aromatic rings. The number of ketones is 1. The molecule has 0 radical (unpaired) electrons. The molecule has 1 fully saturated rings. The average Bonchev–Trinajstić information content (AvgIpc) is 2.15. The predicted molar refractivity (Wildman–Crippen MR) is 65.2 cm³/mol. The number of Topliss-reactive ketones (excluding diaryl/α,β-unsaturated/α-hetero) is 1. The highest BCUT2D eigenvalue weighted by molar-refractivity contribution is 9.10. The largest absolute Gasteiger partial charge is 0.294 e. The summed E-state index contributed by atoms with van der Waals surface area (Å²) in [6.07, 6.45) is 4.51. The zero-order chi connectivity index (χ0) is 10.8. The Bertz CT molecular complexity index is 380. The molecule has 1 aromatic carbocycles. The Morgan fingerprint density at radius 1 is 1.47 bits per heavy atom. The lowest BCUT2D eigenvalue weighted by molar-refractivity contribution is 0.0936. The fourth-order valence-corrected chi connectivity index (χ4v) is 2.14. The minimum atomic E-state index is 0.301. The first kappa shape index (κ1) is 10.9. The molecule has 0 saturated heterocycles. The number of hydrogen-bond donors (Lipinski definition) is 0. The van der Waals surface area contributed by atoms with Crippen molar-refractivity contribution in [3.63, 3.8) is 0 Å². The minimum absolute atomic E-state index is 0.301. The van der Waals surface area contributed by atoms with E-state index in [0.717, 1.165) is 22.0 Å². The smallest absolute Gasteiger partial charge is 0.163 e. The third-order valence-corrected chi connectivity index (χ3v) is 4.07. The van der Waals surface area contributed by atoms with Crippen LogP contribution in [-0.4, -0.2) is 5.78 Å². The number of benzene rings is 1. The van der Waals surface area contributed by atoms with Crippen molar-refractivity contribution in [2.75, 3.05) is 0 Å². The zero-order valence-corrected chi connectivity index (χ0v) is 10.5. The van der Waals surface area contributed by atoms with Crippen LogP contribution in [0.1, 0.15) is 41.6 Å². The van der Waals surface area contributed by atoms with Crippen LogP contribution in [0.25, 0.3) is 0 Å². The van der Waals surface area contributed by atoms with Gasteiger partial charge in [-0.15, -0.1) is 0 Å². The molecule has 1 saturated carbocycles. The van der Waals surface area contributed by atoms with E-state index in [9.17, 15) is 4.79 Å². The molecule has 15 heavy (non-hydrogen) atoms. The SMILES string of the molecule is Cc1cc(C(=O)CC2CCC2)ccc1Br. The maximum Gasteiger partial charge on any atom is 0.163 e. The third kappa shape index (κ3) is 2.49. The molecule has 0 amide bonds. The summed E-state index contributed by atoms with van der Waals surface area (Å²) in [6.45, 7) is 2.02. The lowest BCUT2D eigenvalue weighted by Crippen LogP contribution is -2.15. The second-order valence-electron chi connectivity index (χ2n) is 4.39. The molecule has 0 aromatic heterocycles. The molecule has 0 N–H and O–H groups in total. The Labute approximate surface area is 99.0 Å². The van der Waals surface area contributed by atoms with Gasteiger partial charge in [0.2, 0.25) is 0 Å². The maximum atomic E-state index is 11.9. The lowest BCUT2D eigenvalue weighted by Gasteiger charge is -2.24. The van der Waals surface area contributed by atoms with E-state index in [1.807, 2.05) is 25.1 Å². The number of halogens is 1. The summed E-state index contributed by atoms with van der Waals surface area (Å²) in [5, 5.41) is 0. The van der Waals surface area contributed by atoms with Crippen LogP contribution in [0.5, 0.6) is 0 Å². The van der Waals surface area contributed by atoms with Crippen LogP contribution in [0, 0.1) is 12.8 Å². The van der Waals surface area contributed by atoms with Gasteiger partial charge in [-0.3, -0.25) is 4.79 Å². The van der Waals surface area contributed by atoms with Gasteiger partial charge in [-0.25, -0.2) is 0 Å². The molecule has 2 heteroatoms. The molecular formula is C13H15BrO. The Morgan fingerprint density at radius 2 is 2.20 bits per heavy atom. The topological polar surface area (TPSA) is 17.1 Å². The number of hydrogen-bond acceptors (Lipinski definition) is 1. The Balaban J connectivity index is 2.07. The van der Waals surface area contributed by atoms with Crippen molar-refractivity contribution >= 4 is 21.7 Å². The molecule has 0 unspecified atom stereocenters. The predicted octanol–water partition coefficient (Wildman–Crippen LogP) is 4.13. The Morgan fingerprint density at radius 3 is 2.73 bits per heavy atom. The van der Waals surface area contributed by atoms with Crippen molar-refractivity contribution in [2.24, 2.45) is 5.92 Å². The quantitative estimate of drug-likeness (QED) is 0.752. The van der Waals surface area contributed by atoms with Crippen molar-refractivity contribution in [3.8, 4) is 0 Å². The number of carbonyl (C=O) groups is 1. The summed E-state index contributed by atoms with van der Waals surface area (Å²) in [7, 11) is 0. The van der Waals surface area contributed by atoms with Crippen molar-refractivity contribution in [1.82, 2.24) is 0 Å². The van der Waals surface area contributed by atoms with Crippen LogP contribution >= 0.6 is 15.9 Å². The molecular weight excluding hydrogens is 252 g/mol. The number of rotatable bonds is 3. The van der Waals surface area contributed by atoms with E-state index in [2.05, 4.69) is 15.9 Å². The van der Waals surface area contributed by atoms with Gasteiger partial charge in [-0.1, -0.05) is 41.3 Å². The summed E-state index contributed by atoms with van der Waals surface area (Å²) >= 11 is 3.44. The van der Waals surface area contributed by atoms with Crippen molar-refractivity contribution in [3.05, 3.63) is 33.8 Å². The number of carbonyl (C=O) groups excluding carboxylic acids is 1. The van der Waals surface area contributed by atoms with E-state index >= 15 is 0 Å². The summed E-state index contributed by atoms with van der Waals surface area (Å²) < 4.78 is 1.07. The zero-order valence-electron chi connectivity index (χ0n) is 8.92. The second-order valence-corrected chi connectivity index (χ2v) is 5.24. The molecule has 2 rings (SSSR count). The third-order valence-electron chi connectivity index (χ3n) is 3.18. The van der Waals surface area contributed by atoms with Gasteiger partial charge in [0.25, 0.3) is 0 Å². The van der Waals surface area contributed by atoms with E-state index in [4.69, 9.17) is 0 Å². The van der Waals surface area contributed by atoms with Crippen LogP contribution in [0.4, 0.5) is 0 Å². The maximum absolute atomic E-state index is 11.9. The molecule has 0 atom stereocenters. The summed E-state index contributed by atoms with van der Waals surface area (Å²) in [5.41, 5.74) is 2.00. The van der Waals surface area contributed by atoms with E-state index in [1.54, 1.807) is 0 Å². The lowest BCUT2D eigenvalue weighted by atomic mass is 9.81. The van der Waals surface area contributed by atoms with Gasteiger partial charge in [0.1, 0.15) is 0 Å². The first-order valence-corrected chi connectivity index (χ1v) is 6.25. The normalized spacial score (nSPS) is 16.1. The van der Waals surface area contributed by atoms with Gasteiger partial charge in [0, 0.05) is 16.5 Å². The van der Waals surface area contributed by atoms with Gasteiger partial charge in [0.15, 0.2) is 5.78 Å².